The maximum Gasteiger partial charge on any atom is 0.259 e. The van der Waals surface area contributed by atoms with Crippen molar-refractivity contribution in [1.29, 1.82) is 0 Å². The molecule has 128 valence electrons. The molecule has 0 radical (unpaired) electrons. The standard InChI is InChI=1S/C18H18N4OS2/c1-12-11-24-18(20-12)25-14-8-6-13(7-9-14)21-17(23)15-5-4-10-19-16(15)22(2)3/h4-11H,1-3H3,(H,21,23). The van der Waals surface area contributed by atoms with Gasteiger partial charge in [-0.05, 0) is 43.3 Å². The molecule has 0 aliphatic carbocycles. The molecule has 1 N–H and O–H groups in total. The van der Waals surface area contributed by atoms with E-state index in [4.69, 9.17) is 0 Å². The van der Waals surface area contributed by atoms with Gasteiger partial charge in [0.2, 0.25) is 0 Å². The number of aryl methyl sites for hydroxylation is 1. The fourth-order valence-corrected chi connectivity index (χ4v) is 4.03. The van der Waals surface area contributed by atoms with E-state index in [1.807, 2.05) is 55.6 Å². The Morgan fingerprint density at radius 1 is 1.20 bits per heavy atom. The van der Waals surface area contributed by atoms with Crippen LogP contribution in [0.25, 0.3) is 0 Å². The van der Waals surface area contributed by atoms with Gasteiger partial charge in [0.15, 0.2) is 4.34 Å². The minimum absolute atomic E-state index is 0.173. The minimum atomic E-state index is -0.173. The number of thiazole rings is 1. The summed E-state index contributed by atoms with van der Waals surface area (Å²) in [6.45, 7) is 1.99. The molecular weight excluding hydrogens is 352 g/mol. The number of hydrogen-bond acceptors (Lipinski definition) is 6. The summed E-state index contributed by atoms with van der Waals surface area (Å²) < 4.78 is 1.01. The number of amides is 1. The maximum atomic E-state index is 12.5. The van der Waals surface area contributed by atoms with Gasteiger partial charge in [-0.25, -0.2) is 9.97 Å². The van der Waals surface area contributed by atoms with Crippen LogP contribution in [0.1, 0.15) is 16.1 Å². The molecule has 0 fully saturated rings. The maximum absolute atomic E-state index is 12.5. The van der Waals surface area contributed by atoms with Gasteiger partial charge >= 0.3 is 0 Å². The Balaban J connectivity index is 1.70. The smallest absolute Gasteiger partial charge is 0.259 e. The SMILES string of the molecule is Cc1csc(Sc2ccc(NC(=O)c3cccnc3N(C)C)cc2)n1. The van der Waals surface area contributed by atoms with Crippen molar-refractivity contribution in [3.05, 3.63) is 59.2 Å². The number of nitrogens with zero attached hydrogens (tertiary/aromatic N) is 3. The summed E-state index contributed by atoms with van der Waals surface area (Å²) in [6, 6.07) is 11.3. The summed E-state index contributed by atoms with van der Waals surface area (Å²) in [7, 11) is 3.73. The summed E-state index contributed by atoms with van der Waals surface area (Å²) in [6.07, 6.45) is 1.68. The highest BCUT2D eigenvalue weighted by molar-refractivity contribution is 8.01. The molecule has 2 aromatic heterocycles. The Labute approximate surface area is 155 Å². The van der Waals surface area contributed by atoms with Crippen molar-refractivity contribution in [2.75, 3.05) is 24.3 Å². The number of rotatable bonds is 5. The molecule has 5 nitrogen and oxygen atoms in total. The molecule has 0 unspecified atom stereocenters. The van der Waals surface area contributed by atoms with Crippen LogP contribution in [0.5, 0.6) is 0 Å². The second-order valence-electron chi connectivity index (χ2n) is 5.60. The highest BCUT2D eigenvalue weighted by Crippen LogP contribution is 2.31. The molecular formula is C18H18N4OS2. The van der Waals surface area contributed by atoms with E-state index in [-0.39, 0.29) is 5.91 Å². The van der Waals surface area contributed by atoms with Gasteiger partial charge in [-0.1, -0.05) is 11.8 Å². The summed E-state index contributed by atoms with van der Waals surface area (Å²) in [5.41, 5.74) is 2.33. The van der Waals surface area contributed by atoms with Crippen molar-refractivity contribution in [3.63, 3.8) is 0 Å². The second-order valence-corrected chi connectivity index (χ2v) is 7.78. The number of carbonyl (C=O) groups excluding carboxylic acids is 1. The number of hydrogen-bond donors (Lipinski definition) is 1. The zero-order valence-corrected chi connectivity index (χ0v) is 15.8. The fraction of sp³-hybridized carbons (Fsp3) is 0.167. The number of anilines is 2. The molecule has 0 saturated carbocycles. The molecule has 1 amide bonds. The predicted octanol–water partition coefficient (Wildman–Crippen LogP) is 4.32. The first kappa shape index (κ1) is 17.4. The Morgan fingerprint density at radius 3 is 2.60 bits per heavy atom. The lowest BCUT2D eigenvalue weighted by molar-refractivity contribution is 0.102. The highest BCUT2D eigenvalue weighted by Gasteiger charge is 2.14. The number of benzene rings is 1. The zero-order valence-electron chi connectivity index (χ0n) is 14.2. The van der Waals surface area contributed by atoms with Gasteiger partial charge < -0.3 is 10.2 Å². The monoisotopic (exact) mass is 370 g/mol. The summed E-state index contributed by atoms with van der Waals surface area (Å²) in [5.74, 6) is 0.471. The van der Waals surface area contributed by atoms with E-state index >= 15 is 0 Å². The minimum Gasteiger partial charge on any atom is -0.362 e. The molecule has 3 aromatic rings. The van der Waals surface area contributed by atoms with Gasteiger partial charge in [-0.3, -0.25) is 4.79 Å². The van der Waals surface area contributed by atoms with Gasteiger partial charge in [0.1, 0.15) is 5.82 Å². The third-order valence-corrected chi connectivity index (χ3v) is 5.43. The third kappa shape index (κ3) is 4.37. The molecule has 0 aliphatic heterocycles. The Kier molecular flexibility index (Phi) is 5.35. The largest absolute Gasteiger partial charge is 0.362 e. The Morgan fingerprint density at radius 2 is 1.96 bits per heavy atom. The molecule has 0 saturated heterocycles. The zero-order chi connectivity index (χ0) is 17.8. The Hall–Kier alpha value is -2.38. The first-order chi connectivity index (χ1) is 12.0. The lowest BCUT2D eigenvalue weighted by Gasteiger charge is -2.15. The molecule has 0 atom stereocenters. The summed E-state index contributed by atoms with van der Waals surface area (Å²) in [4.78, 5) is 24.1. The van der Waals surface area contributed by atoms with Crippen molar-refractivity contribution in [2.45, 2.75) is 16.2 Å². The fourth-order valence-electron chi connectivity index (χ4n) is 2.22. The molecule has 2 heterocycles. The van der Waals surface area contributed by atoms with Crippen LogP contribution >= 0.6 is 23.1 Å². The highest BCUT2D eigenvalue weighted by atomic mass is 32.2. The van der Waals surface area contributed by atoms with Crippen LogP contribution in [0, 0.1) is 6.92 Å². The number of pyridine rings is 1. The summed E-state index contributed by atoms with van der Waals surface area (Å²) in [5, 5.41) is 4.96. The summed E-state index contributed by atoms with van der Waals surface area (Å²) >= 11 is 3.25. The van der Waals surface area contributed by atoms with E-state index in [1.165, 1.54) is 0 Å². The van der Waals surface area contributed by atoms with Crippen molar-refractivity contribution in [3.8, 4) is 0 Å². The van der Waals surface area contributed by atoms with E-state index < -0.39 is 0 Å². The van der Waals surface area contributed by atoms with E-state index in [0.717, 1.165) is 20.6 Å². The topological polar surface area (TPSA) is 58.1 Å². The molecule has 0 spiro atoms. The lowest BCUT2D eigenvalue weighted by Crippen LogP contribution is -2.19. The third-order valence-electron chi connectivity index (χ3n) is 3.37. The van der Waals surface area contributed by atoms with Crippen LogP contribution in [0.15, 0.2) is 57.2 Å². The van der Waals surface area contributed by atoms with E-state index in [1.54, 1.807) is 41.4 Å². The molecule has 25 heavy (non-hydrogen) atoms. The van der Waals surface area contributed by atoms with Crippen molar-refractivity contribution < 1.29 is 4.79 Å². The van der Waals surface area contributed by atoms with Gasteiger partial charge in [-0.2, -0.15) is 0 Å². The number of aromatic nitrogens is 2. The van der Waals surface area contributed by atoms with Crippen molar-refractivity contribution in [2.24, 2.45) is 0 Å². The quantitative estimate of drug-likeness (QED) is 0.725. The predicted molar refractivity (Wildman–Crippen MR) is 104 cm³/mol. The van der Waals surface area contributed by atoms with E-state index in [0.29, 0.717) is 11.4 Å². The average Bonchev–Trinajstić information content (AvgIpc) is 3.01. The van der Waals surface area contributed by atoms with Crippen LogP contribution in [0.2, 0.25) is 0 Å². The molecule has 7 heteroatoms. The van der Waals surface area contributed by atoms with Gasteiger partial charge in [0, 0.05) is 41.9 Å². The number of carbonyl (C=O) groups is 1. The normalized spacial score (nSPS) is 10.5. The van der Waals surface area contributed by atoms with Gasteiger partial charge in [-0.15, -0.1) is 11.3 Å². The first-order valence-electron chi connectivity index (χ1n) is 7.66. The molecule has 0 bridgehead atoms. The van der Waals surface area contributed by atoms with Crippen LogP contribution in [-0.2, 0) is 0 Å². The lowest BCUT2D eigenvalue weighted by atomic mass is 10.2. The van der Waals surface area contributed by atoms with Gasteiger partial charge in [0.05, 0.1) is 5.56 Å². The number of nitrogens with one attached hydrogen (secondary N) is 1. The first-order valence-corrected chi connectivity index (χ1v) is 9.36. The van der Waals surface area contributed by atoms with Gasteiger partial charge in [0.25, 0.3) is 5.91 Å². The van der Waals surface area contributed by atoms with E-state index in [9.17, 15) is 4.79 Å². The van der Waals surface area contributed by atoms with Crippen LogP contribution < -0.4 is 10.2 Å². The van der Waals surface area contributed by atoms with Crippen LogP contribution in [0.3, 0.4) is 0 Å². The second kappa shape index (κ2) is 7.67. The van der Waals surface area contributed by atoms with E-state index in [2.05, 4.69) is 15.3 Å². The van der Waals surface area contributed by atoms with Crippen molar-refractivity contribution in [1.82, 2.24) is 9.97 Å². The molecule has 0 aliphatic rings. The molecule has 3 rings (SSSR count). The Bertz CT molecular complexity index is 875. The van der Waals surface area contributed by atoms with Crippen LogP contribution in [-0.4, -0.2) is 30.0 Å². The van der Waals surface area contributed by atoms with Crippen molar-refractivity contribution >= 4 is 40.5 Å². The molecule has 1 aromatic carbocycles. The van der Waals surface area contributed by atoms with Crippen LogP contribution in [0.4, 0.5) is 11.5 Å². The average molecular weight is 371 g/mol.